The van der Waals surface area contributed by atoms with E-state index in [9.17, 15) is 18.0 Å². The molecule has 0 aliphatic carbocycles. The predicted molar refractivity (Wildman–Crippen MR) is 141 cm³/mol. The van der Waals surface area contributed by atoms with Gasteiger partial charge in [-0.3, -0.25) is 9.59 Å². The Hall–Kier alpha value is -1.94. The topological polar surface area (TPSA) is 74.8 Å². The SMILES string of the molecule is O=C1CC(N(CCc2cccc(Cl)c2)S(=O)(=O)c2cc(Cl)ccc2Cl)C(=O)N1c1ccc(Br)cc1. The lowest BCUT2D eigenvalue weighted by atomic mass is 10.1. The quantitative estimate of drug-likeness (QED) is 0.307. The number of hydrogen-bond acceptors (Lipinski definition) is 4. The van der Waals surface area contributed by atoms with E-state index in [1.807, 2.05) is 0 Å². The van der Waals surface area contributed by atoms with Gasteiger partial charge in [0.2, 0.25) is 15.9 Å². The number of carbonyl (C=O) groups is 2. The lowest BCUT2D eigenvalue weighted by molar-refractivity contribution is -0.122. The van der Waals surface area contributed by atoms with Crippen LogP contribution in [-0.4, -0.2) is 37.1 Å². The third-order valence-corrected chi connectivity index (χ3v) is 8.93. The molecular formula is C24H18BrCl3N2O4S. The van der Waals surface area contributed by atoms with E-state index >= 15 is 0 Å². The van der Waals surface area contributed by atoms with Crippen molar-refractivity contribution in [1.82, 2.24) is 4.31 Å². The Morgan fingerprint density at radius 3 is 2.31 bits per heavy atom. The Kier molecular flexibility index (Phi) is 7.90. The first kappa shape index (κ1) is 26.1. The summed E-state index contributed by atoms with van der Waals surface area (Å²) in [6, 6.07) is 16.4. The number of hydrogen-bond donors (Lipinski definition) is 0. The van der Waals surface area contributed by atoms with Crippen LogP contribution < -0.4 is 4.90 Å². The molecule has 2 amide bonds. The van der Waals surface area contributed by atoms with Crippen LogP contribution in [0.25, 0.3) is 0 Å². The van der Waals surface area contributed by atoms with Crippen LogP contribution in [0.1, 0.15) is 12.0 Å². The first-order valence-electron chi connectivity index (χ1n) is 10.4. The summed E-state index contributed by atoms with van der Waals surface area (Å²) in [5.41, 5.74) is 1.13. The van der Waals surface area contributed by atoms with Gasteiger partial charge in [-0.2, -0.15) is 4.31 Å². The summed E-state index contributed by atoms with van der Waals surface area (Å²) in [5.74, 6) is -1.13. The monoisotopic (exact) mass is 614 g/mol. The predicted octanol–water partition coefficient (Wildman–Crippen LogP) is 5.97. The second kappa shape index (κ2) is 10.6. The molecule has 0 saturated carbocycles. The number of amides is 2. The van der Waals surface area contributed by atoms with Gasteiger partial charge in [-0.1, -0.05) is 62.9 Å². The van der Waals surface area contributed by atoms with E-state index in [4.69, 9.17) is 34.8 Å². The van der Waals surface area contributed by atoms with Crippen molar-refractivity contribution in [3.05, 3.63) is 91.8 Å². The van der Waals surface area contributed by atoms with Gasteiger partial charge in [0.15, 0.2) is 0 Å². The first-order valence-corrected chi connectivity index (χ1v) is 13.8. The van der Waals surface area contributed by atoms with Crippen molar-refractivity contribution in [2.45, 2.75) is 23.8 Å². The van der Waals surface area contributed by atoms with Gasteiger partial charge < -0.3 is 0 Å². The Balaban J connectivity index is 1.73. The van der Waals surface area contributed by atoms with Crippen molar-refractivity contribution in [3.8, 4) is 0 Å². The Morgan fingerprint density at radius 1 is 0.943 bits per heavy atom. The molecule has 0 bridgehead atoms. The van der Waals surface area contributed by atoms with E-state index in [0.717, 1.165) is 19.2 Å². The summed E-state index contributed by atoms with van der Waals surface area (Å²) < 4.78 is 29.4. The first-order chi connectivity index (χ1) is 16.6. The van der Waals surface area contributed by atoms with Crippen molar-refractivity contribution >= 4 is 78.3 Å². The van der Waals surface area contributed by atoms with Crippen LogP contribution in [0.4, 0.5) is 5.69 Å². The molecule has 182 valence electrons. The molecule has 1 saturated heterocycles. The molecule has 0 N–H and O–H groups in total. The molecule has 1 atom stereocenters. The number of imide groups is 1. The minimum absolute atomic E-state index is 0.0382. The van der Waals surface area contributed by atoms with E-state index in [1.165, 1.54) is 18.2 Å². The highest BCUT2D eigenvalue weighted by molar-refractivity contribution is 9.10. The lowest BCUT2D eigenvalue weighted by Crippen LogP contribution is -2.46. The third-order valence-electron chi connectivity index (χ3n) is 5.55. The minimum atomic E-state index is -4.31. The second-order valence-corrected chi connectivity index (χ2v) is 11.9. The molecule has 11 heteroatoms. The zero-order valence-corrected chi connectivity index (χ0v) is 22.7. The fourth-order valence-corrected chi connectivity index (χ4v) is 6.68. The normalized spacial score (nSPS) is 16.4. The van der Waals surface area contributed by atoms with Gasteiger partial charge in [0.05, 0.1) is 17.1 Å². The van der Waals surface area contributed by atoms with Crippen molar-refractivity contribution in [2.24, 2.45) is 0 Å². The van der Waals surface area contributed by atoms with Crippen LogP contribution >= 0.6 is 50.7 Å². The van der Waals surface area contributed by atoms with Crippen LogP contribution in [0.15, 0.2) is 76.1 Å². The summed E-state index contributed by atoms with van der Waals surface area (Å²) in [6.07, 6.45) is -0.0455. The largest absolute Gasteiger partial charge is 0.274 e. The molecule has 1 heterocycles. The standard InChI is InChI=1S/C24H18BrCl3N2O4S/c25-16-4-7-19(8-5-16)30-23(31)14-21(24(30)32)29(11-10-15-2-1-3-17(26)12-15)35(33,34)22-13-18(27)6-9-20(22)28/h1-9,12-13,21H,10-11,14H2. The molecule has 1 fully saturated rings. The van der Waals surface area contributed by atoms with E-state index in [0.29, 0.717) is 10.7 Å². The summed E-state index contributed by atoms with van der Waals surface area (Å²) in [7, 11) is -4.31. The molecular weight excluding hydrogens is 599 g/mol. The highest BCUT2D eigenvalue weighted by Gasteiger charge is 2.47. The maximum atomic E-state index is 13.8. The molecule has 1 aliphatic heterocycles. The van der Waals surface area contributed by atoms with Crippen LogP contribution in [0.3, 0.4) is 0 Å². The highest BCUT2D eigenvalue weighted by Crippen LogP contribution is 2.33. The van der Waals surface area contributed by atoms with Crippen LogP contribution in [0.2, 0.25) is 15.1 Å². The maximum absolute atomic E-state index is 13.8. The number of carbonyl (C=O) groups excluding carboxylic acids is 2. The summed E-state index contributed by atoms with van der Waals surface area (Å²) >= 11 is 21.7. The molecule has 4 rings (SSSR count). The zero-order valence-electron chi connectivity index (χ0n) is 18.0. The zero-order chi connectivity index (χ0) is 25.3. The fourth-order valence-electron chi connectivity index (χ4n) is 3.88. The van der Waals surface area contributed by atoms with Gasteiger partial charge in [0.1, 0.15) is 10.9 Å². The summed E-state index contributed by atoms with van der Waals surface area (Å²) in [4.78, 5) is 27.1. The van der Waals surface area contributed by atoms with Crippen LogP contribution in [-0.2, 0) is 26.0 Å². The number of sulfonamides is 1. The summed E-state index contributed by atoms with van der Waals surface area (Å²) in [5, 5.41) is 0.639. The van der Waals surface area contributed by atoms with Gasteiger partial charge in [-0.25, -0.2) is 13.3 Å². The van der Waals surface area contributed by atoms with E-state index in [2.05, 4.69) is 15.9 Å². The van der Waals surface area contributed by atoms with Crippen molar-refractivity contribution in [3.63, 3.8) is 0 Å². The van der Waals surface area contributed by atoms with E-state index in [1.54, 1.807) is 48.5 Å². The van der Waals surface area contributed by atoms with Crippen molar-refractivity contribution in [1.29, 1.82) is 0 Å². The van der Waals surface area contributed by atoms with Gasteiger partial charge in [0, 0.05) is 21.1 Å². The average Bonchev–Trinajstić information content (AvgIpc) is 3.09. The third kappa shape index (κ3) is 5.58. The van der Waals surface area contributed by atoms with Crippen LogP contribution in [0, 0.1) is 0 Å². The molecule has 6 nitrogen and oxygen atoms in total. The molecule has 1 aliphatic rings. The smallest absolute Gasteiger partial charge is 0.252 e. The molecule has 35 heavy (non-hydrogen) atoms. The molecule has 0 spiro atoms. The molecule has 3 aromatic carbocycles. The average molecular weight is 617 g/mol. The van der Waals surface area contributed by atoms with Crippen LogP contribution in [0.5, 0.6) is 0 Å². The summed E-state index contributed by atoms with van der Waals surface area (Å²) in [6.45, 7) is -0.0800. The van der Waals surface area contributed by atoms with Crippen molar-refractivity contribution in [2.75, 3.05) is 11.4 Å². The Labute approximate surface area is 226 Å². The number of nitrogens with zero attached hydrogens (tertiary/aromatic N) is 2. The van der Waals surface area contributed by atoms with E-state index < -0.39 is 27.9 Å². The highest BCUT2D eigenvalue weighted by atomic mass is 79.9. The molecule has 1 unspecified atom stereocenters. The lowest BCUT2D eigenvalue weighted by Gasteiger charge is -2.27. The Bertz CT molecular complexity index is 1400. The van der Waals surface area contributed by atoms with Gasteiger partial charge >= 0.3 is 0 Å². The van der Waals surface area contributed by atoms with Gasteiger partial charge in [0.25, 0.3) is 5.91 Å². The van der Waals surface area contributed by atoms with E-state index in [-0.39, 0.29) is 34.3 Å². The number of halogens is 4. The second-order valence-electron chi connectivity index (χ2n) is 7.83. The Morgan fingerprint density at radius 2 is 1.63 bits per heavy atom. The molecule has 3 aromatic rings. The van der Waals surface area contributed by atoms with Crippen molar-refractivity contribution < 1.29 is 18.0 Å². The van der Waals surface area contributed by atoms with Gasteiger partial charge in [-0.15, -0.1) is 0 Å². The number of rotatable bonds is 7. The molecule has 0 radical (unpaired) electrons. The number of benzene rings is 3. The fraction of sp³-hybridized carbons (Fsp3) is 0.167. The number of anilines is 1. The minimum Gasteiger partial charge on any atom is -0.274 e. The molecule has 0 aromatic heterocycles. The maximum Gasteiger partial charge on any atom is 0.252 e. The van der Waals surface area contributed by atoms with Gasteiger partial charge in [-0.05, 0) is 66.6 Å².